The highest BCUT2D eigenvalue weighted by Gasteiger charge is 2.11. The summed E-state index contributed by atoms with van der Waals surface area (Å²) in [5.41, 5.74) is 1.17. The van der Waals surface area contributed by atoms with E-state index in [1.807, 2.05) is 0 Å². The van der Waals surface area contributed by atoms with Gasteiger partial charge in [0.1, 0.15) is 5.56 Å². The van der Waals surface area contributed by atoms with E-state index in [4.69, 9.17) is 0 Å². The monoisotopic (exact) mass is 313 g/mol. The summed E-state index contributed by atoms with van der Waals surface area (Å²) in [4.78, 5) is 37.2. The fourth-order valence-corrected chi connectivity index (χ4v) is 2.01. The van der Waals surface area contributed by atoms with Crippen molar-refractivity contribution in [1.82, 2.24) is 9.47 Å². The number of rotatable bonds is 4. The number of likely N-dealkylation sites (N-methyl/N-ethyl adjacent to an activating group) is 1. The molecule has 1 N–H and O–H groups in total. The Hall–Kier alpha value is -2.89. The van der Waals surface area contributed by atoms with Gasteiger partial charge in [0, 0.05) is 33.0 Å². The Labute approximate surface area is 134 Å². The summed E-state index contributed by atoms with van der Waals surface area (Å²) >= 11 is 0. The highest BCUT2D eigenvalue weighted by atomic mass is 16.2. The summed E-state index contributed by atoms with van der Waals surface area (Å²) in [6, 6.07) is 10.1. The lowest BCUT2D eigenvalue weighted by molar-refractivity contribution is -0.127. The number of hydrogen-bond donors (Lipinski definition) is 1. The number of aryl methyl sites for hydroxylation is 1. The molecule has 2 amide bonds. The molecular formula is C17H19N3O3. The van der Waals surface area contributed by atoms with Gasteiger partial charge >= 0.3 is 0 Å². The van der Waals surface area contributed by atoms with E-state index in [1.165, 1.54) is 15.5 Å². The topological polar surface area (TPSA) is 71.4 Å². The van der Waals surface area contributed by atoms with Crippen LogP contribution in [0.25, 0.3) is 0 Å². The maximum atomic E-state index is 12.2. The minimum absolute atomic E-state index is 0.00886. The number of carbonyl (C=O) groups excluding carboxylic acids is 2. The first-order chi connectivity index (χ1) is 10.9. The SMILES string of the molecule is CN(C)C(=O)Cc1ccc(NC(=O)c2cccn(C)c2=O)cc1. The maximum absolute atomic E-state index is 12.2. The molecule has 0 saturated heterocycles. The minimum Gasteiger partial charge on any atom is -0.349 e. The third kappa shape index (κ3) is 4.06. The second kappa shape index (κ2) is 6.91. The van der Waals surface area contributed by atoms with Crippen molar-refractivity contribution in [2.24, 2.45) is 7.05 Å². The summed E-state index contributed by atoms with van der Waals surface area (Å²) in [6.45, 7) is 0. The van der Waals surface area contributed by atoms with Gasteiger partial charge in [-0.15, -0.1) is 0 Å². The zero-order valence-corrected chi connectivity index (χ0v) is 13.4. The van der Waals surface area contributed by atoms with Crippen LogP contribution in [0.5, 0.6) is 0 Å². The fraction of sp³-hybridized carbons (Fsp3) is 0.235. The molecule has 0 saturated carbocycles. The van der Waals surface area contributed by atoms with Gasteiger partial charge in [-0.3, -0.25) is 14.4 Å². The Morgan fingerprint density at radius 2 is 1.78 bits per heavy atom. The van der Waals surface area contributed by atoms with E-state index in [2.05, 4.69) is 5.32 Å². The van der Waals surface area contributed by atoms with Gasteiger partial charge in [0.15, 0.2) is 0 Å². The average Bonchev–Trinajstić information content (AvgIpc) is 2.51. The largest absolute Gasteiger partial charge is 0.349 e. The number of anilines is 1. The van der Waals surface area contributed by atoms with Crippen molar-refractivity contribution in [3.63, 3.8) is 0 Å². The zero-order valence-electron chi connectivity index (χ0n) is 13.4. The lowest BCUT2D eigenvalue weighted by Crippen LogP contribution is -2.27. The molecule has 6 heteroatoms. The number of hydrogen-bond acceptors (Lipinski definition) is 3. The smallest absolute Gasteiger partial charge is 0.263 e. The van der Waals surface area contributed by atoms with E-state index in [-0.39, 0.29) is 17.0 Å². The second-order valence-corrected chi connectivity index (χ2v) is 5.45. The van der Waals surface area contributed by atoms with E-state index >= 15 is 0 Å². The predicted octanol–water partition coefficient (Wildman–Crippen LogP) is 1.27. The Bertz CT molecular complexity index is 776. The summed E-state index contributed by atoms with van der Waals surface area (Å²) < 4.78 is 1.35. The molecule has 0 spiro atoms. The summed E-state index contributed by atoms with van der Waals surface area (Å²) in [5.74, 6) is -0.446. The van der Waals surface area contributed by atoms with Gasteiger partial charge in [-0.25, -0.2) is 0 Å². The first-order valence-corrected chi connectivity index (χ1v) is 7.14. The lowest BCUT2D eigenvalue weighted by Gasteiger charge is -2.10. The molecule has 1 heterocycles. The number of benzene rings is 1. The van der Waals surface area contributed by atoms with E-state index in [9.17, 15) is 14.4 Å². The van der Waals surface area contributed by atoms with Crippen LogP contribution < -0.4 is 10.9 Å². The highest BCUT2D eigenvalue weighted by Crippen LogP contribution is 2.11. The molecule has 1 aromatic carbocycles. The number of aromatic nitrogens is 1. The van der Waals surface area contributed by atoms with Crippen LogP contribution in [0.2, 0.25) is 0 Å². The van der Waals surface area contributed by atoms with Crippen molar-refractivity contribution >= 4 is 17.5 Å². The van der Waals surface area contributed by atoms with E-state index < -0.39 is 5.91 Å². The van der Waals surface area contributed by atoms with E-state index in [0.29, 0.717) is 12.1 Å². The molecule has 1 aromatic heterocycles. The Kier molecular flexibility index (Phi) is 4.95. The molecule has 0 aliphatic heterocycles. The third-order valence-corrected chi connectivity index (χ3v) is 3.43. The van der Waals surface area contributed by atoms with Crippen LogP contribution in [-0.2, 0) is 18.3 Å². The molecule has 6 nitrogen and oxygen atoms in total. The molecule has 0 bridgehead atoms. The number of nitrogens with zero attached hydrogens (tertiary/aromatic N) is 2. The maximum Gasteiger partial charge on any atom is 0.263 e. The number of carbonyl (C=O) groups is 2. The number of nitrogens with one attached hydrogen (secondary N) is 1. The lowest BCUT2D eigenvalue weighted by atomic mass is 10.1. The number of pyridine rings is 1. The molecule has 0 atom stereocenters. The summed E-state index contributed by atoms with van der Waals surface area (Å²) in [6.07, 6.45) is 1.90. The van der Waals surface area contributed by atoms with Gasteiger partial charge in [-0.05, 0) is 29.8 Å². The number of amides is 2. The molecule has 0 fully saturated rings. The first kappa shape index (κ1) is 16.5. The zero-order chi connectivity index (χ0) is 17.0. The van der Waals surface area contributed by atoms with Crippen LogP contribution in [0, 0.1) is 0 Å². The van der Waals surface area contributed by atoms with Crippen LogP contribution in [-0.4, -0.2) is 35.4 Å². The highest BCUT2D eigenvalue weighted by molar-refractivity contribution is 6.04. The van der Waals surface area contributed by atoms with Crippen molar-refractivity contribution in [2.75, 3.05) is 19.4 Å². The quantitative estimate of drug-likeness (QED) is 0.924. The van der Waals surface area contributed by atoms with Crippen LogP contribution >= 0.6 is 0 Å². The molecule has 0 radical (unpaired) electrons. The van der Waals surface area contributed by atoms with Gasteiger partial charge in [0.2, 0.25) is 5.91 Å². The van der Waals surface area contributed by atoms with Crippen LogP contribution in [0.4, 0.5) is 5.69 Å². The van der Waals surface area contributed by atoms with Crippen molar-refractivity contribution < 1.29 is 9.59 Å². The first-order valence-electron chi connectivity index (χ1n) is 7.14. The van der Waals surface area contributed by atoms with Gasteiger partial charge < -0.3 is 14.8 Å². The summed E-state index contributed by atoms with van der Waals surface area (Å²) in [5, 5.41) is 2.68. The Morgan fingerprint density at radius 3 is 2.39 bits per heavy atom. The Morgan fingerprint density at radius 1 is 1.13 bits per heavy atom. The molecule has 0 aliphatic rings. The van der Waals surface area contributed by atoms with Gasteiger partial charge in [-0.2, -0.15) is 0 Å². The van der Waals surface area contributed by atoms with Crippen molar-refractivity contribution in [2.45, 2.75) is 6.42 Å². The van der Waals surface area contributed by atoms with Gasteiger partial charge in [0.25, 0.3) is 11.5 Å². The van der Waals surface area contributed by atoms with Crippen LogP contribution in [0.3, 0.4) is 0 Å². The molecule has 2 rings (SSSR count). The molecule has 0 aliphatic carbocycles. The fourth-order valence-electron chi connectivity index (χ4n) is 2.01. The molecule has 23 heavy (non-hydrogen) atoms. The minimum atomic E-state index is -0.455. The molecule has 2 aromatic rings. The molecule has 0 unspecified atom stereocenters. The van der Waals surface area contributed by atoms with E-state index in [0.717, 1.165) is 5.56 Å². The second-order valence-electron chi connectivity index (χ2n) is 5.45. The van der Waals surface area contributed by atoms with E-state index in [1.54, 1.807) is 57.7 Å². The van der Waals surface area contributed by atoms with Gasteiger partial charge in [-0.1, -0.05) is 12.1 Å². The average molecular weight is 313 g/mol. The van der Waals surface area contributed by atoms with Crippen molar-refractivity contribution in [1.29, 1.82) is 0 Å². The molecular weight excluding hydrogens is 294 g/mol. The third-order valence-electron chi connectivity index (χ3n) is 3.43. The normalized spacial score (nSPS) is 10.2. The van der Waals surface area contributed by atoms with Crippen molar-refractivity contribution in [3.8, 4) is 0 Å². The van der Waals surface area contributed by atoms with Gasteiger partial charge in [0.05, 0.1) is 6.42 Å². The molecule has 120 valence electrons. The van der Waals surface area contributed by atoms with Crippen LogP contribution in [0.1, 0.15) is 15.9 Å². The van der Waals surface area contributed by atoms with Crippen molar-refractivity contribution in [3.05, 3.63) is 64.1 Å². The predicted molar refractivity (Wildman–Crippen MR) is 88.5 cm³/mol. The van der Waals surface area contributed by atoms with Crippen LogP contribution in [0.15, 0.2) is 47.4 Å². The summed E-state index contributed by atoms with van der Waals surface area (Å²) in [7, 11) is 5.00. The Balaban J connectivity index is 2.09. The standard InChI is InChI=1S/C17H19N3O3/c1-19(2)15(21)11-12-6-8-13(9-7-12)18-16(22)14-5-4-10-20(3)17(14)23/h4-10H,11H2,1-3H3,(H,18,22).